The van der Waals surface area contributed by atoms with Crippen molar-refractivity contribution < 1.29 is 18.9 Å². The molecule has 0 spiro atoms. The molecular formula is C12H8I2O4Se2. The van der Waals surface area contributed by atoms with Gasteiger partial charge in [-0.15, -0.1) is 0 Å². The molecule has 0 unspecified atom stereocenters. The van der Waals surface area contributed by atoms with Crippen LogP contribution < -0.4 is 18.9 Å². The fourth-order valence-electron chi connectivity index (χ4n) is 2.13. The fourth-order valence-corrected chi connectivity index (χ4v) is 9.71. The van der Waals surface area contributed by atoms with E-state index >= 15 is 0 Å². The van der Waals surface area contributed by atoms with Gasteiger partial charge in [-0.2, -0.15) is 0 Å². The number of rotatable bonds is 1. The molecule has 0 N–H and O–H groups in total. The molecule has 106 valence electrons. The van der Waals surface area contributed by atoms with Crippen LogP contribution in [0.25, 0.3) is 8.87 Å². The van der Waals surface area contributed by atoms with Crippen molar-refractivity contribution in [2.75, 3.05) is 26.4 Å². The molecule has 4 rings (SSSR count). The molecule has 0 saturated heterocycles. The normalized spacial score (nSPS) is 16.3. The standard InChI is InChI=1S/C12H8I2O4Se2/c13-11-7-5(15-1-3-17-7)9(19-11)10-6-8(12(14)20-10)18-4-2-16-6/h1-4H2. The Bertz CT molecular complexity index is 621. The molecule has 0 amide bonds. The van der Waals surface area contributed by atoms with E-state index in [9.17, 15) is 0 Å². The minimum absolute atomic E-state index is 0.257. The van der Waals surface area contributed by atoms with Crippen molar-refractivity contribution in [2.24, 2.45) is 0 Å². The topological polar surface area (TPSA) is 36.9 Å². The van der Waals surface area contributed by atoms with Gasteiger partial charge < -0.3 is 0 Å². The maximum atomic E-state index is 5.88. The van der Waals surface area contributed by atoms with Crippen LogP contribution in [0.5, 0.6) is 23.0 Å². The summed E-state index contributed by atoms with van der Waals surface area (Å²) in [6.07, 6.45) is 0. The maximum absolute atomic E-state index is 5.88. The van der Waals surface area contributed by atoms with Crippen LogP contribution in [0.1, 0.15) is 0 Å². The van der Waals surface area contributed by atoms with E-state index in [0.29, 0.717) is 26.4 Å². The second kappa shape index (κ2) is 5.70. The molecule has 0 saturated carbocycles. The Kier molecular flexibility index (Phi) is 4.06. The van der Waals surface area contributed by atoms with Gasteiger partial charge in [0.1, 0.15) is 0 Å². The van der Waals surface area contributed by atoms with E-state index in [0.717, 1.165) is 23.0 Å². The summed E-state index contributed by atoms with van der Waals surface area (Å²) < 4.78 is 28.4. The van der Waals surface area contributed by atoms with Gasteiger partial charge in [0.25, 0.3) is 0 Å². The number of hydrogen-bond donors (Lipinski definition) is 0. The van der Waals surface area contributed by atoms with E-state index in [4.69, 9.17) is 18.9 Å². The molecule has 0 radical (unpaired) electrons. The van der Waals surface area contributed by atoms with E-state index in [-0.39, 0.29) is 29.0 Å². The molecule has 2 aliphatic heterocycles. The van der Waals surface area contributed by atoms with Crippen LogP contribution in [0.4, 0.5) is 0 Å². The third-order valence-corrected chi connectivity index (χ3v) is 10.9. The molecule has 2 aliphatic rings. The van der Waals surface area contributed by atoms with Crippen LogP contribution in [-0.2, 0) is 0 Å². The molecule has 0 aromatic carbocycles. The van der Waals surface area contributed by atoms with Gasteiger partial charge >= 0.3 is 156 Å². The predicted molar refractivity (Wildman–Crippen MR) is 93.2 cm³/mol. The van der Waals surface area contributed by atoms with Crippen molar-refractivity contribution in [1.82, 2.24) is 0 Å². The van der Waals surface area contributed by atoms with Crippen molar-refractivity contribution in [3.05, 3.63) is 4.89 Å². The number of fused-ring (bicyclic) bond motifs is 2. The van der Waals surface area contributed by atoms with Gasteiger partial charge in [-0.3, -0.25) is 0 Å². The molecule has 0 aliphatic carbocycles. The first kappa shape index (κ1) is 14.3. The van der Waals surface area contributed by atoms with Crippen LogP contribution in [0.2, 0.25) is 0 Å². The summed E-state index contributed by atoms with van der Waals surface area (Å²) in [6.45, 7) is 2.55. The first-order chi connectivity index (χ1) is 9.75. The fraction of sp³-hybridized carbons (Fsp3) is 0.333. The molecule has 4 nitrogen and oxygen atoms in total. The summed E-state index contributed by atoms with van der Waals surface area (Å²) in [6, 6.07) is 0. The quantitative estimate of drug-likeness (QED) is 0.359. The van der Waals surface area contributed by atoms with Crippen molar-refractivity contribution in [3.8, 4) is 31.9 Å². The van der Waals surface area contributed by atoms with Gasteiger partial charge in [-0.25, -0.2) is 0 Å². The Morgan fingerprint density at radius 1 is 0.600 bits per heavy atom. The summed E-state index contributed by atoms with van der Waals surface area (Å²) in [4.78, 5) is 0. The molecule has 0 bridgehead atoms. The van der Waals surface area contributed by atoms with Crippen molar-refractivity contribution in [3.63, 3.8) is 0 Å². The summed E-state index contributed by atoms with van der Waals surface area (Å²) in [7, 11) is 0. The Labute approximate surface area is 154 Å². The van der Waals surface area contributed by atoms with Crippen LogP contribution in [-0.4, -0.2) is 55.4 Å². The average molecular weight is 628 g/mol. The Morgan fingerprint density at radius 2 is 0.950 bits per heavy atom. The second-order valence-electron chi connectivity index (χ2n) is 4.12. The number of ether oxygens (including phenoxy) is 4. The zero-order valence-corrected chi connectivity index (χ0v) is 17.8. The molecule has 0 fully saturated rings. The van der Waals surface area contributed by atoms with Gasteiger partial charge in [0.2, 0.25) is 0 Å². The third kappa shape index (κ3) is 2.27. The average Bonchev–Trinajstić information content (AvgIpc) is 2.99. The molecule has 20 heavy (non-hydrogen) atoms. The first-order valence-corrected chi connectivity index (χ1v) is 11.5. The minimum atomic E-state index is 0.257. The van der Waals surface area contributed by atoms with Gasteiger partial charge in [0.15, 0.2) is 0 Å². The molecular weight excluding hydrogens is 620 g/mol. The van der Waals surface area contributed by atoms with Gasteiger partial charge in [0.05, 0.1) is 0 Å². The number of hydrogen-bond acceptors (Lipinski definition) is 4. The molecule has 2 aromatic rings. The monoisotopic (exact) mass is 630 g/mol. The Hall–Kier alpha value is 0.659. The molecule has 0 atom stereocenters. The SMILES string of the molecule is Ic1[se]c(-c2[se]c(I)c3c2OCCO3)c2c1OCCO2. The zero-order valence-electron chi connectivity index (χ0n) is 10.0. The van der Waals surface area contributed by atoms with Crippen molar-refractivity contribution >= 4 is 74.2 Å². The van der Waals surface area contributed by atoms with E-state index < -0.39 is 0 Å². The Morgan fingerprint density at radius 3 is 1.35 bits per heavy atom. The van der Waals surface area contributed by atoms with Crippen molar-refractivity contribution in [2.45, 2.75) is 0 Å². The molecule has 4 heterocycles. The first-order valence-electron chi connectivity index (χ1n) is 5.92. The zero-order chi connectivity index (χ0) is 13.7. The van der Waals surface area contributed by atoms with E-state index in [1.807, 2.05) is 0 Å². The van der Waals surface area contributed by atoms with Gasteiger partial charge in [-0.05, 0) is 0 Å². The summed E-state index contributed by atoms with van der Waals surface area (Å²) in [5.41, 5.74) is 0. The van der Waals surface area contributed by atoms with E-state index in [1.165, 1.54) is 13.8 Å². The van der Waals surface area contributed by atoms with Crippen molar-refractivity contribution in [1.29, 1.82) is 0 Å². The summed E-state index contributed by atoms with van der Waals surface area (Å²) >= 11 is 5.27. The summed E-state index contributed by atoms with van der Waals surface area (Å²) in [5.74, 6) is 3.81. The Balaban J connectivity index is 1.90. The molecule has 2 aromatic heterocycles. The van der Waals surface area contributed by atoms with Crippen LogP contribution in [0.15, 0.2) is 0 Å². The van der Waals surface area contributed by atoms with E-state index in [2.05, 4.69) is 45.2 Å². The number of halogens is 2. The van der Waals surface area contributed by atoms with Crippen LogP contribution in [0, 0.1) is 4.89 Å². The van der Waals surface area contributed by atoms with E-state index in [1.54, 1.807) is 0 Å². The van der Waals surface area contributed by atoms with Crippen LogP contribution in [0.3, 0.4) is 0 Å². The summed E-state index contributed by atoms with van der Waals surface area (Å²) in [5, 5.41) is 0. The second-order valence-corrected chi connectivity index (χ2v) is 13.8. The predicted octanol–water partition coefficient (Wildman–Crippen LogP) is 2.22. The molecule has 8 heteroatoms. The van der Waals surface area contributed by atoms with Gasteiger partial charge in [0, 0.05) is 0 Å². The third-order valence-electron chi connectivity index (χ3n) is 2.92. The van der Waals surface area contributed by atoms with Gasteiger partial charge in [-0.1, -0.05) is 0 Å². The van der Waals surface area contributed by atoms with Crippen LogP contribution >= 0.6 is 45.2 Å².